The molecule has 0 radical (unpaired) electrons. The van der Waals surface area contributed by atoms with Gasteiger partial charge in [-0.2, -0.15) is 0 Å². The second-order valence-electron chi connectivity index (χ2n) is 3.06. The molecule has 5 heteroatoms. The van der Waals surface area contributed by atoms with Crippen LogP contribution in [0.1, 0.15) is 17.3 Å². The fraction of sp³-hybridized carbons (Fsp3) is 0.273. The summed E-state index contributed by atoms with van der Waals surface area (Å²) in [6.45, 7) is 0.974. The number of esters is 1. The zero-order valence-corrected chi connectivity index (χ0v) is 8.95. The lowest BCUT2D eigenvalue weighted by Crippen LogP contribution is -2.14. The predicted molar refractivity (Wildman–Crippen MR) is 53.9 cm³/mol. The standard InChI is InChI=1S/C11H11FO4/c1-7(13)9-5-8(12)3-4-10(9)16-6-11(14)15-2/h3-5H,6H2,1-2H3. The van der Waals surface area contributed by atoms with Gasteiger partial charge in [0.25, 0.3) is 0 Å². The lowest BCUT2D eigenvalue weighted by atomic mass is 10.1. The molecule has 0 saturated carbocycles. The Morgan fingerprint density at radius 3 is 2.62 bits per heavy atom. The molecule has 0 aliphatic carbocycles. The molecule has 0 amide bonds. The van der Waals surface area contributed by atoms with Crippen molar-refractivity contribution in [2.45, 2.75) is 6.92 Å². The van der Waals surface area contributed by atoms with Gasteiger partial charge in [0.05, 0.1) is 12.7 Å². The maximum atomic E-state index is 12.9. The van der Waals surface area contributed by atoms with E-state index in [4.69, 9.17) is 4.74 Å². The molecular weight excluding hydrogens is 215 g/mol. The predicted octanol–water partition coefficient (Wildman–Crippen LogP) is 1.58. The molecule has 0 aliphatic rings. The van der Waals surface area contributed by atoms with E-state index in [-0.39, 0.29) is 23.7 Å². The van der Waals surface area contributed by atoms with E-state index in [9.17, 15) is 14.0 Å². The molecule has 4 nitrogen and oxygen atoms in total. The van der Waals surface area contributed by atoms with Crippen molar-refractivity contribution in [2.75, 3.05) is 13.7 Å². The quantitative estimate of drug-likeness (QED) is 0.577. The normalized spacial score (nSPS) is 9.69. The molecule has 0 N–H and O–H groups in total. The molecule has 0 bridgehead atoms. The van der Waals surface area contributed by atoms with Crippen molar-refractivity contribution in [2.24, 2.45) is 0 Å². The fourth-order valence-electron chi connectivity index (χ4n) is 1.10. The summed E-state index contributed by atoms with van der Waals surface area (Å²) in [6.07, 6.45) is 0. The fourth-order valence-corrected chi connectivity index (χ4v) is 1.10. The molecule has 1 rings (SSSR count). The van der Waals surface area contributed by atoms with Gasteiger partial charge in [-0.25, -0.2) is 9.18 Å². The van der Waals surface area contributed by atoms with E-state index in [1.807, 2.05) is 0 Å². The third-order valence-electron chi connectivity index (χ3n) is 1.89. The topological polar surface area (TPSA) is 52.6 Å². The number of carbonyl (C=O) groups is 2. The van der Waals surface area contributed by atoms with Crippen molar-refractivity contribution in [1.82, 2.24) is 0 Å². The maximum absolute atomic E-state index is 12.9. The average molecular weight is 226 g/mol. The number of hydrogen-bond acceptors (Lipinski definition) is 4. The van der Waals surface area contributed by atoms with Gasteiger partial charge in [0.1, 0.15) is 11.6 Å². The van der Waals surface area contributed by atoms with E-state index in [1.54, 1.807) is 0 Å². The summed E-state index contributed by atoms with van der Waals surface area (Å²) < 4.78 is 22.3. The first-order chi connectivity index (χ1) is 7.54. The zero-order valence-electron chi connectivity index (χ0n) is 8.95. The Balaban J connectivity index is 2.87. The minimum atomic E-state index is -0.571. The molecule has 0 unspecified atom stereocenters. The summed E-state index contributed by atoms with van der Waals surface area (Å²) in [5.41, 5.74) is 0.101. The molecule has 0 spiro atoms. The van der Waals surface area contributed by atoms with Gasteiger partial charge in [0.15, 0.2) is 12.4 Å². The van der Waals surface area contributed by atoms with Crippen LogP contribution >= 0.6 is 0 Å². The number of rotatable bonds is 4. The van der Waals surface area contributed by atoms with Gasteiger partial charge < -0.3 is 9.47 Å². The zero-order chi connectivity index (χ0) is 12.1. The molecule has 16 heavy (non-hydrogen) atoms. The lowest BCUT2D eigenvalue weighted by Gasteiger charge is -2.08. The van der Waals surface area contributed by atoms with Crippen LogP contribution in [0.25, 0.3) is 0 Å². The first kappa shape index (κ1) is 12.2. The van der Waals surface area contributed by atoms with Crippen LogP contribution in [-0.4, -0.2) is 25.5 Å². The molecule has 1 aromatic carbocycles. The van der Waals surface area contributed by atoms with E-state index in [1.165, 1.54) is 20.1 Å². The van der Waals surface area contributed by atoms with Crippen molar-refractivity contribution in [3.05, 3.63) is 29.6 Å². The van der Waals surface area contributed by atoms with Gasteiger partial charge in [0, 0.05) is 0 Å². The number of Topliss-reactive ketones (excluding diaryl/α,β-unsaturated/α-hetero) is 1. The van der Waals surface area contributed by atoms with Crippen molar-refractivity contribution in [1.29, 1.82) is 0 Å². The van der Waals surface area contributed by atoms with Crippen LogP contribution in [0.3, 0.4) is 0 Å². The van der Waals surface area contributed by atoms with Crippen LogP contribution in [0.2, 0.25) is 0 Å². The van der Waals surface area contributed by atoms with Gasteiger partial charge in [-0.05, 0) is 25.1 Å². The van der Waals surface area contributed by atoms with Gasteiger partial charge in [-0.1, -0.05) is 0 Å². The SMILES string of the molecule is COC(=O)COc1ccc(F)cc1C(C)=O. The molecule has 0 fully saturated rings. The molecule has 0 aliphatic heterocycles. The number of carbonyl (C=O) groups excluding carboxylic acids is 2. The third-order valence-corrected chi connectivity index (χ3v) is 1.89. The molecule has 86 valence electrons. The summed E-state index contributed by atoms with van der Waals surface area (Å²) in [6, 6.07) is 3.52. The molecule has 0 heterocycles. The highest BCUT2D eigenvalue weighted by Gasteiger charge is 2.11. The highest BCUT2D eigenvalue weighted by atomic mass is 19.1. The van der Waals surface area contributed by atoms with Crippen LogP contribution in [0.4, 0.5) is 4.39 Å². The number of hydrogen-bond donors (Lipinski definition) is 0. The van der Waals surface area contributed by atoms with E-state index in [2.05, 4.69) is 4.74 Å². The van der Waals surface area contributed by atoms with Crippen LogP contribution < -0.4 is 4.74 Å². The number of halogens is 1. The smallest absolute Gasteiger partial charge is 0.343 e. The Morgan fingerprint density at radius 2 is 2.06 bits per heavy atom. The number of ether oxygens (including phenoxy) is 2. The number of methoxy groups -OCH3 is 1. The highest BCUT2D eigenvalue weighted by Crippen LogP contribution is 2.20. The summed E-state index contributed by atoms with van der Waals surface area (Å²) in [5, 5.41) is 0. The van der Waals surface area contributed by atoms with Crippen molar-refractivity contribution < 1.29 is 23.5 Å². The van der Waals surface area contributed by atoms with E-state index in [0.29, 0.717) is 0 Å². The maximum Gasteiger partial charge on any atom is 0.343 e. The number of ketones is 1. The molecular formula is C11H11FO4. The highest BCUT2D eigenvalue weighted by molar-refractivity contribution is 5.96. The summed E-state index contributed by atoms with van der Waals surface area (Å²) in [7, 11) is 1.22. The summed E-state index contributed by atoms with van der Waals surface area (Å²) >= 11 is 0. The van der Waals surface area contributed by atoms with Crippen LogP contribution in [-0.2, 0) is 9.53 Å². The Bertz CT molecular complexity index is 414. The minimum absolute atomic E-state index is 0.101. The molecule has 1 aromatic rings. The number of benzene rings is 1. The van der Waals surface area contributed by atoms with E-state index < -0.39 is 11.8 Å². The average Bonchev–Trinajstić information content (AvgIpc) is 2.26. The second kappa shape index (κ2) is 5.25. The Morgan fingerprint density at radius 1 is 1.38 bits per heavy atom. The summed E-state index contributed by atoms with van der Waals surface area (Å²) in [5.74, 6) is -1.27. The van der Waals surface area contributed by atoms with Crippen molar-refractivity contribution >= 4 is 11.8 Å². The van der Waals surface area contributed by atoms with Gasteiger partial charge >= 0.3 is 5.97 Å². The first-order valence-electron chi connectivity index (χ1n) is 4.54. The Kier molecular flexibility index (Phi) is 3.99. The van der Waals surface area contributed by atoms with E-state index in [0.717, 1.165) is 12.1 Å². The van der Waals surface area contributed by atoms with Gasteiger partial charge in [-0.3, -0.25) is 4.79 Å². The second-order valence-corrected chi connectivity index (χ2v) is 3.06. The largest absolute Gasteiger partial charge is 0.481 e. The lowest BCUT2D eigenvalue weighted by molar-refractivity contribution is -0.142. The first-order valence-corrected chi connectivity index (χ1v) is 4.54. The van der Waals surface area contributed by atoms with E-state index >= 15 is 0 Å². The third kappa shape index (κ3) is 3.05. The molecule has 0 saturated heterocycles. The van der Waals surface area contributed by atoms with Crippen molar-refractivity contribution in [3.8, 4) is 5.75 Å². The monoisotopic (exact) mass is 226 g/mol. The summed E-state index contributed by atoms with van der Waals surface area (Å²) in [4.78, 5) is 22.0. The Labute approximate surface area is 92.0 Å². The van der Waals surface area contributed by atoms with Crippen molar-refractivity contribution in [3.63, 3.8) is 0 Å². The Hall–Kier alpha value is -1.91. The van der Waals surface area contributed by atoms with Gasteiger partial charge in [-0.15, -0.1) is 0 Å². The van der Waals surface area contributed by atoms with Crippen LogP contribution in [0.5, 0.6) is 5.75 Å². The van der Waals surface area contributed by atoms with Gasteiger partial charge in [0.2, 0.25) is 0 Å². The van der Waals surface area contributed by atoms with Crippen LogP contribution in [0, 0.1) is 5.82 Å². The minimum Gasteiger partial charge on any atom is -0.481 e. The molecule has 0 aromatic heterocycles. The van der Waals surface area contributed by atoms with Crippen LogP contribution in [0.15, 0.2) is 18.2 Å². The molecule has 0 atom stereocenters.